The van der Waals surface area contributed by atoms with Crippen molar-refractivity contribution in [1.82, 2.24) is 9.97 Å². The van der Waals surface area contributed by atoms with Gasteiger partial charge in [0, 0.05) is 25.0 Å². The number of hydrogen-bond acceptors (Lipinski definition) is 4. The summed E-state index contributed by atoms with van der Waals surface area (Å²) < 4.78 is 5.24. The van der Waals surface area contributed by atoms with Crippen LogP contribution in [0, 0.1) is 6.92 Å². The minimum atomic E-state index is 0.639. The summed E-state index contributed by atoms with van der Waals surface area (Å²) in [4.78, 5) is 10.2. The van der Waals surface area contributed by atoms with Crippen molar-refractivity contribution in [3.8, 4) is 0 Å². The molecule has 2 rings (SSSR count). The van der Waals surface area contributed by atoms with Crippen LogP contribution in [0.15, 0.2) is 35.1 Å². The van der Waals surface area contributed by atoms with Crippen LogP contribution in [-0.2, 0) is 0 Å². The second-order valence-electron chi connectivity index (χ2n) is 3.01. The lowest BCUT2D eigenvalue weighted by atomic mass is 10.4. The fraction of sp³-hybridized carbons (Fsp3) is 0.200. The summed E-state index contributed by atoms with van der Waals surface area (Å²) in [5.74, 6) is 1.37. The highest BCUT2D eigenvalue weighted by atomic mass is 16.3. The summed E-state index contributed by atoms with van der Waals surface area (Å²) in [6.45, 7) is 1.93. The lowest BCUT2D eigenvalue weighted by molar-refractivity contribution is 0.567. The van der Waals surface area contributed by atoms with Gasteiger partial charge in [0.05, 0.1) is 6.26 Å². The number of aromatic nitrogens is 2. The highest BCUT2D eigenvalue weighted by Crippen LogP contribution is 2.19. The number of aryl methyl sites for hydroxylation is 1. The molecular weight excluding hydrogens is 178 g/mol. The van der Waals surface area contributed by atoms with Crippen LogP contribution in [0.3, 0.4) is 0 Å². The SMILES string of the molecule is Cc1ccnc(N(C)c2ccco2)n1. The molecule has 0 aliphatic heterocycles. The maximum Gasteiger partial charge on any atom is 0.232 e. The minimum Gasteiger partial charge on any atom is -0.448 e. The molecular formula is C10H11N3O. The molecule has 0 bridgehead atoms. The van der Waals surface area contributed by atoms with Crippen LogP contribution in [0.1, 0.15) is 5.69 Å². The molecule has 0 saturated heterocycles. The van der Waals surface area contributed by atoms with Gasteiger partial charge in [-0.2, -0.15) is 0 Å². The maximum absolute atomic E-state index is 5.24. The summed E-state index contributed by atoms with van der Waals surface area (Å²) in [7, 11) is 1.87. The minimum absolute atomic E-state index is 0.639. The predicted octanol–water partition coefficient (Wildman–Crippen LogP) is 2.15. The lowest BCUT2D eigenvalue weighted by Crippen LogP contribution is -2.12. The van der Waals surface area contributed by atoms with Crippen LogP contribution in [0.5, 0.6) is 0 Å². The van der Waals surface area contributed by atoms with Crippen molar-refractivity contribution in [3.63, 3.8) is 0 Å². The molecule has 0 aliphatic carbocycles. The summed E-state index contributed by atoms with van der Waals surface area (Å²) in [6.07, 6.45) is 3.36. The Hall–Kier alpha value is -1.84. The van der Waals surface area contributed by atoms with E-state index in [1.165, 1.54) is 0 Å². The molecule has 14 heavy (non-hydrogen) atoms. The van der Waals surface area contributed by atoms with E-state index in [1.807, 2.05) is 32.2 Å². The fourth-order valence-corrected chi connectivity index (χ4v) is 1.16. The molecule has 0 atom stereocenters. The summed E-state index contributed by atoms with van der Waals surface area (Å²) in [6, 6.07) is 5.56. The first-order valence-corrected chi connectivity index (χ1v) is 4.34. The third-order valence-electron chi connectivity index (χ3n) is 1.92. The largest absolute Gasteiger partial charge is 0.448 e. The van der Waals surface area contributed by atoms with Crippen molar-refractivity contribution < 1.29 is 4.42 Å². The number of anilines is 2. The van der Waals surface area contributed by atoms with Gasteiger partial charge in [-0.25, -0.2) is 9.97 Å². The Balaban J connectivity index is 2.32. The molecule has 0 aromatic carbocycles. The van der Waals surface area contributed by atoms with Gasteiger partial charge in [-0.3, -0.25) is 4.90 Å². The predicted molar refractivity (Wildman–Crippen MR) is 53.5 cm³/mol. The molecule has 0 N–H and O–H groups in total. The van der Waals surface area contributed by atoms with Crippen molar-refractivity contribution in [2.24, 2.45) is 0 Å². The molecule has 0 fully saturated rings. The van der Waals surface area contributed by atoms with E-state index in [9.17, 15) is 0 Å². The number of rotatable bonds is 2. The van der Waals surface area contributed by atoms with Crippen molar-refractivity contribution in [2.45, 2.75) is 6.92 Å². The standard InChI is InChI=1S/C10H11N3O/c1-8-5-6-11-10(12-8)13(2)9-4-3-7-14-9/h3-7H,1-2H3. The van der Waals surface area contributed by atoms with E-state index < -0.39 is 0 Å². The van der Waals surface area contributed by atoms with Crippen LogP contribution in [0.2, 0.25) is 0 Å². The average Bonchev–Trinajstić information content (AvgIpc) is 2.69. The summed E-state index contributed by atoms with van der Waals surface area (Å²) in [5.41, 5.74) is 0.938. The molecule has 0 unspecified atom stereocenters. The zero-order valence-corrected chi connectivity index (χ0v) is 8.14. The molecule has 0 saturated carbocycles. The maximum atomic E-state index is 5.24. The molecule has 72 valence electrons. The first-order valence-electron chi connectivity index (χ1n) is 4.34. The van der Waals surface area contributed by atoms with E-state index in [4.69, 9.17) is 4.42 Å². The second-order valence-corrected chi connectivity index (χ2v) is 3.01. The van der Waals surface area contributed by atoms with Gasteiger partial charge in [0.1, 0.15) is 0 Å². The average molecular weight is 189 g/mol. The Bertz CT molecular complexity index is 411. The summed E-state index contributed by atoms with van der Waals surface area (Å²) >= 11 is 0. The van der Waals surface area contributed by atoms with Gasteiger partial charge in [0.25, 0.3) is 0 Å². The van der Waals surface area contributed by atoms with Crippen molar-refractivity contribution in [2.75, 3.05) is 11.9 Å². The Morgan fingerprint density at radius 1 is 1.36 bits per heavy atom. The van der Waals surface area contributed by atoms with Gasteiger partial charge in [0.2, 0.25) is 11.8 Å². The highest BCUT2D eigenvalue weighted by Gasteiger charge is 2.08. The van der Waals surface area contributed by atoms with Crippen LogP contribution in [0.4, 0.5) is 11.8 Å². The Kier molecular flexibility index (Phi) is 2.18. The zero-order chi connectivity index (χ0) is 9.97. The number of furan rings is 1. The first-order chi connectivity index (χ1) is 6.77. The van der Waals surface area contributed by atoms with Gasteiger partial charge in [-0.1, -0.05) is 0 Å². The van der Waals surface area contributed by atoms with Crippen molar-refractivity contribution in [1.29, 1.82) is 0 Å². The van der Waals surface area contributed by atoms with E-state index in [0.29, 0.717) is 5.95 Å². The number of hydrogen-bond donors (Lipinski definition) is 0. The number of nitrogens with zero attached hydrogens (tertiary/aromatic N) is 3. The molecule has 2 heterocycles. The molecule has 2 aromatic heterocycles. The first kappa shape index (κ1) is 8.74. The molecule has 0 radical (unpaired) electrons. The van der Waals surface area contributed by atoms with E-state index in [-0.39, 0.29) is 0 Å². The van der Waals surface area contributed by atoms with Crippen molar-refractivity contribution in [3.05, 3.63) is 36.4 Å². The normalized spacial score (nSPS) is 10.1. The second kappa shape index (κ2) is 3.49. The quantitative estimate of drug-likeness (QED) is 0.725. The third-order valence-corrected chi connectivity index (χ3v) is 1.92. The van der Waals surface area contributed by atoms with Gasteiger partial charge in [-0.15, -0.1) is 0 Å². The smallest absolute Gasteiger partial charge is 0.232 e. The Labute approximate surface area is 82.2 Å². The molecule has 4 nitrogen and oxygen atoms in total. The third kappa shape index (κ3) is 1.59. The lowest BCUT2D eigenvalue weighted by Gasteiger charge is -2.13. The zero-order valence-electron chi connectivity index (χ0n) is 8.14. The monoisotopic (exact) mass is 189 g/mol. The van der Waals surface area contributed by atoms with Gasteiger partial charge in [0.15, 0.2) is 0 Å². The van der Waals surface area contributed by atoms with E-state index in [2.05, 4.69) is 9.97 Å². The topological polar surface area (TPSA) is 42.2 Å². The van der Waals surface area contributed by atoms with Gasteiger partial charge >= 0.3 is 0 Å². The highest BCUT2D eigenvalue weighted by molar-refractivity contribution is 5.48. The van der Waals surface area contributed by atoms with Crippen LogP contribution < -0.4 is 4.90 Å². The van der Waals surface area contributed by atoms with Gasteiger partial charge < -0.3 is 4.42 Å². The Morgan fingerprint density at radius 3 is 2.86 bits per heavy atom. The molecule has 2 aromatic rings. The molecule has 4 heteroatoms. The molecule has 0 spiro atoms. The Morgan fingerprint density at radius 2 is 2.21 bits per heavy atom. The van der Waals surface area contributed by atoms with E-state index in [1.54, 1.807) is 17.4 Å². The van der Waals surface area contributed by atoms with Gasteiger partial charge in [-0.05, 0) is 19.1 Å². The van der Waals surface area contributed by atoms with Crippen LogP contribution in [0.25, 0.3) is 0 Å². The molecule has 0 aliphatic rings. The van der Waals surface area contributed by atoms with Crippen LogP contribution in [-0.4, -0.2) is 17.0 Å². The summed E-state index contributed by atoms with van der Waals surface area (Å²) in [5, 5.41) is 0. The van der Waals surface area contributed by atoms with E-state index >= 15 is 0 Å². The van der Waals surface area contributed by atoms with E-state index in [0.717, 1.165) is 11.6 Å². The fourth-order valence-electron chi connectivity index (χ4n) is 1.16. The molecule has 0 amide bonds. The van der Waals surface area contributed by atoms with Crippen LogP contribution >= 0.6 is 0 Å². The van der Waals surface area contributed by atoms with Crippen molar-refractivity contribution >= 4 is 11.8 Å².